The largest absolute Gasteiger partial charge is 0.496 e. The van der Waals surface area contributed by atoms with Crippen LogP contribution < -0.4 is 9.47 Å². The molecule has 0 aliphatic carbocycles. The third-order valence-corrected chi connectivity index (χ3v) is 4.62. The van der Waals surface area contributed by atoms with Crippen molar-refractivity contribution >= 4 is 17.6 Å². The first kappa shape index (κ1) is 22.3. The number of nitro groups is 1. The normalized spacial score (nSPS) is 10.4. The molecule has 1 aromatic heterocycles. The van der Waals surface area contributed by atoms with Gasteiger partial charge in [-0.2, -0.15) is 5.10 Å². The van der Waals surface area contributed by atoms with Crippen LogP contribution in [0.5, 0.6) is 11.5 Å². The lowest BCUT2D eigenvalue weighted by Crippen LogP contribution is -2.15. The van der Waals surface area contributed by atoms with Crippen molar-refractivity contribution in [2.75, 3.05) is 28.4 Å². The summed E-state index contributed by atoms with van der Waals surface area (Å²) < 4.78 is 21.4. The van der Waals surface area contributed by atoms with Gasteiger partial charge < -0.3 is 18.9 Å². The number of hydrogen-bond donors (Lipinski definition) is 0. The van der Waals surface area contributed by atoms with Crippen LogP contribution in [0.3, 0.4) is 0 Å². The highest BCUT2D eigenvalue weighted by molar-refractivity contribution is 6.08. The maximum atomic E-state index is 12.8. The maximum absolute atomic E-state index is 12.8. The fraction of sp³-hybridized carbons (Fsp3) is 0.190. The zero-order chi connectivity index (χ0) is 23.4. The summed E-state index contributed by atoms with van der Waals surface area (Å²) in [4.78, 5) is 36.8. The molecule has 0 unspecified atom stereocenters. The van der Waals surface area contributed by atoms with Crippen molar-refractivity contribution in [3.05, 3.63) is 63.8 Å². The second-order valence-corrected chi connectivity index (χ2v) is 6.25. The summed E-state index contributed by atoms with van der Waals surface area (Å²) in [6.45, 7) is 0. The quantitative estimate of drug-likeness (QED) is 0.308. The summed E-state index contributed by atoms with van der Waals surface area (Å²) in [7, 11) is 4.83. The van der Waals surface area contributed by atoms with Crippen molar-refractivity contribution in [2.45, 2.75) is 0 Å². The van der Waals surface area contributed by atoms with E-state index in [9.17, 15) is 19.7 Å². The Morgan fingerprint density at radius 1 is 0.906 bits per heavy atom. The average molecular weight is 441 g/mol. The smallest absolute Gasteiger partial charge is 0.357 e. The second-order valence-electron chi connectivity index (χ2n) is 6.25. The number of para-hydroxylation sites is 1. The molecular weight excluding hydrogens is 422 g/mol. The second kappa shape index (κ2) is 9.16. The Balaban J connectivity index is 2.53. The van der Waals surface area contributed by atoms with E-state index in [1.165, 1.54) is 26.4 Å². The van der Waals surface area contributed by atoms with Gasteiger partial charge in [-0.05, 0) is 24.3 Å². The van der Waals surface area contributed by atoms with Crippen molar-refractivity contribution in [1.82, 2.24) is 9.78 Å². The number of esters is 2. The van der Waals surface area contributed by atoms with Gasteiger partial charge in [0.1, 0.15) is 22.6 Å². The van der Waals surface area contributed by atoms with Crippen LogP contribution in [0.1, 0.15) is 20.8 Å². The number of aromatic nitrogens is 2. The van der Waals surface area contributed by atoms with E-state index in [0.717, 1.165) is 18.9 Å². The zero-order valence-electron chi connectivity index (χ0n) is 17.6. The highest BCUT2D eigenvalue weighted by atomic mass is 16.6. The van der Waals surface area contributed by atoms with Crippen LogP contribution in [0.4, 0.5) is 5.69 Å². The van der Waals surface area contributed by atoms with E-state index in [1.807, 2.05) is 0 Å². The Morgan fingerprint density at radius 2 is 1.50 bits per heavy atom. The summed E-state index contributed by atoms with van der Waals surface area (Å²) in [6, 6.07) is 11.2. The third kappa shape index (κ3) is 3.71. The van der Waals surface area contributed by atoms with Gasteiger partial charge in [-0.3, -0.25) is 10.1 Å². The fourth-order valence-corrected chi connectivity index (χ4v) is 3.23. The number of rotatable bonds is 7. The van der Waals surface area contributed by atoms with Gasteiger partial charge in [0.05, 0.1) is 39.0 Å². The van der Waals surface area contributed by atoms with E-state index in [1.54, 1.807) is 30.3 Å². The molecule has 1 heterocycles. The lowest BCUT2D eigenvalue weighted by molar-refractivity contribution is -0.385. The number of nitro benzene ring substituents is 1. The van der Waals surface area contributed by atoms with Crippen LogP contribution in [0.25, 0.3) is 16.9 Å². The van der Waals surface area contributed by atoms with Gasteiger partial charge in [-0.1, -0.05) is 18.2 Å². The number of carbonyl (C=O) groups is 2. The minimum Gasteiger partial charge on any atom is -0.496 e. The van der Waals surface area contributed by atoms with Gasteiger partial charge in [-0.15, -0.1) is 0 Å². The molecule has 0 amide bonds. The predicted molar refractivity (Wildman–Crippen MR) is 111 cm³/mol. The first-order valence-electron chi connectivity index (χ1n) is 9.14. The van der Waals surface area contributed by atoms with E-state index in [-0.39, 0.29) is 34.0 Å². The third-order valence-electron chi connectivity index (χ3n) is 4.62. The van der Waals surface area contributed by atoms with Crippen molar-refractivity contribution in [2.24, 2.45) is 0 Å². The lowest BCUT2D eigenvalue weighted by Gasteiger charge is -2.11. The highest BCUT2D eigenvalue weighted by Crippen LogP contribution is 2.45. The monoisotopic (exact) mass is 441 g/mol. The summed E-state index contributed by atoms with van der Waals surface area (Å²) in [6.07, 6.45) is 0. The van der Waals surface area contributed by atoms with Crippen LogP contribution >= 0.6 is 0 Å². The van der Waals surface area contributed by atoms with Gasteiger partial charge >= 0.3 is 17.6 Å². The van der Waals surface area contributed by atoms with Crippen LogP contribution in [0, 0.1) is 10.1 Å². The minimum atomic E-state index is -0.943. The van der Waals surface area contributed by atoms with Crippen molar-refractivity contribution in [3.8, 4) is 28.4 Å². The van der Waals surface area contributed by atoms with Crippen molar-refractivity contribution in [3.63, 3.8) is 0 Å². The molecule has 0 fully saturated rings. The number of benzene rings is 2. The van der Waals surface area contributed by atoms with Gasteiger partial charge in [0, 0.05) is 0 Å². The van der Waals surface area contributed by atoms with Gasteiger partial charge in [0.25, 0.3) is 0 Å². The summed E-state index contributed by atoms with van der Waals surface area (Å²) in [5.74, 6) is -1.88. The summed E-state index contributed by atoms with van der Waals surface area (Å²) in [5, 5.41) is 16.4. The Bertz CT molecular complexity index is 1190. The van der Waals surface area contributed by atoms with Gasteiger partial charge in [0.2, 0.25) is 0 Å². The lowest BCUT2D eigenvalue weighted by atomic mass is 10.0. The Labute approximate surface area is 182 Å². The topological polar surface area (TPSA) is 132 Å². The van der Waals surface area contributed by atoms with Crippen LogP contribution in [-0.2, 0) is 9.47 Å². The maximum Gasteiger partial charge on any atom is 0.357 e. The molecule has 0 aliphatic rings. The number of ether oxygens (including phenoxy) is 4. The van der Waals surface area contributed by atoms with E-state index in [0.29, 0.717) is 5.69 Å². The Kier molecular flexibility index (Phi) is 6.38. The van der Waals surface area contributed by atoms with Gasteiger partial charge in [-0.25, -0.2) is 14.3 Å². The molecule has 11 nitrogen and oxygen atoms in total. The number of methoxy groups -OCH3 is 4. The molecule has 166 valence electrons. The molecule has 0 bridgehead atoms. The van der Waals surface area contributed by atoms with E-state index >= 15 is 0 Å². The number of nitrogens with zero attached hydrogens (tertiary/aromatic N) is 3. The average Bonchev–Trinajstić information content (AvgIpc) is 3.22. The molecule has 0 radical (unpaired) electrons. The standard InChI is InChI=1S/C21H19N3O8/c1-29-13-10-11-14(30-2)18(24(27)28)15(13)17-16(20(25)31-3)19(21(26)32-4)23(22-17)12-8-6-5-7-9-12/h5-11H,1-4H3. The molecule has 0 aliphatic heterocycles. The minimum absolute atomic E-state index is 0.0387. The molecule has 11 heteroatoms. The SMILES string of the molecule is COC(=O)c1c(-c2c(OC)ccc(OC)c2[N+](=O)[O-])nn(-c2ccccc2)c1C(=O)OC. The molecule has 0 saturated heterocycles. The molecule has 0 N–H and O–H groups in total. The first-order chi connectivity index (χ1) is 15.4. The number of hydrogen-bond acceptors (Lipinski definition) is 9. The van der Waals surface area contributed by atoms with Crippen LogP contribution in [0.2, 0.25) is 0 Å². The number of carbonyl (C=O) groups excluding carboxylic acids is 2. The predicted octanol–water partition coefficient (Wildman–Crippen LogP) is 3.04. The molecule has 32 heavy (non-hydrogen) atoms. The summed E-state index contributed by atoms with van der Waals surface area (Å²) in [5.41, 5.74) is -1.03. The first-order valence-corrected chi connectivity index (χ1v) is 9.14. The molecule has 0 atom stereocenters. The van der Waals surface area contributed by atoms with Crippen LogP contribution in [0.15, 0.2) is 42.5 Å². The molecule has 0 spiro atoms. The molecule has 3 rings (SSSR count). The Morgan fingerprint density at radius 3 is 2.03 bits per heavy atom. The van der Waals surface area contributed by atoms with Crippen LogP contribution in [-0.4, -0.2) is 55.1 Å². The molecule has 0 saturated carbocycles. The molecule has 3 aromatic rings. The summed E-state index contributed by atoms with van der Waals surface area (Å²) >= 11 is 0. The highest BCUT2D eigenvalue weighted by Gasteiger charge is 2.37. The van der Waals surface area contributed by atoms with Gasteiger partial charge in [0.15, 0.2) is 11.4 Å². The van der Waals surface area contributed by atoms with E-state index in [2.05, 4.69) is 5.10 Å². The van der Waals surface area contributed by atoms with E-state index < -0.39 is 22.5 Å². The molecule has 2 aromatic carbocycles. The van der Waals surface area contributed by atoms with Crippen molar-refractivity contribution in [1.29, 1.82) is 0 Å². The Hall–Kier alpha value is -4.41. The van der Waals surface area contributed by atoms with E-state index in [4.69, 9.17) is 18.9 Å². The zero-order valence-corrected chi connectivity index (χ0v) is 17.6. The molecular formula is C21H19N3O8. The fourth-order valence-electron chi connectivity index (χ4n) is 3.23. The van der Waals surface area contributed by atoms with Crippen molar-refractivity contribution < 1.29 is 33.5 Å².